The average molecular weight is 1180 g/mol. The van der Waals surface area contributed by atoms with Gasteiger partial charge in [-0.1, -0.05) is 329 Å². The normalized spacial score (nSPS) is 14.3. The number of phosphoric acid groups is 1. The first kappa shape index (κ1) is 80.4. The molecular weight excluding hydrogens is 1040 g/mol. The second-order valence-electron chi connectivity index (χ2n) is 24.9. The van der Waals surface area contributed by atoms with E-state index in [9.17, 15) is 19.4 Å². The maximum Gasteiger partial charge on any atom is 0.472 e. The van der Waals surface area contributed by atoms with Crippen LogP contribution in [0.2, 0.25) is 0 Å². The molecular formula is C74H136N2O6P+. The minimum atomic E-state index is -4.34. The van der Waals surface area contributed by atoms with E-state index in [4.69, 9.17) is 9.05 Å². The molecule has 0 aromatic rings. The van der Waals surface area contributed by atoms with E-state index in [1.807, 2.05) is 21.1 Å². The van der Waals surface area contributed by atoms with Crippen LogP contribution in [0.5, 0.6) is 0 Å². The molecule has 0 spiro atoms. The lowest BCUT2D eigenvalue weighted by atomic mass is 10.0. The topological polar surface area (TPSA) is 105 Å². The van der Waals surface area contributed by atoms with E-state index in [0.717, 1.165) is 96.3 Å². The Bertz CT molecular complexity index is 1670. The summed E-state index contributed by atoms with van der Waals surface area (Å²) in [4.78, 5) is 23.5. The number of hydrogen-bond donors (Lipinski definition) is 3. The van der Waals surface area contributed by atoms with Gasteiger partial charge in [0.05, 0.1) is 39.9 Å². The predicted octanol–water partition coefficient (Wildman–Crippen LogP) is 22.5. The van der Waals surface area contributed by atoms with Gasteiger partial charge in [0, 0.05) is 6.42 Å². The molecule has 3 N–H and O–H groups in total. The molecule has 3 atom stereocenters. The summed E-state index contributed by atoms with van der Waals surface area (Å²) >= 11 is 0. The van der Waals surface area contributed by atoms with Crippen molar-refractivity contribution < 1.29 is 32.9 Å². The number of phosphoric ester groups is 1. The van der Waals surface area contributed by atoms with Crippen molar-refractivity contribution in [3.8, 4) is 0 Å². The molecule has 0 radical (unpaired) electrons. The van der Waals surface area contributed by atoms with Gasteiger partial charge in [0.1, 0.15) is 13.2 Å². The van der Waals surface area contributed by atoms with Crippen LogP contribution in [0.15, 0.2) is 97.2 Å². The van der Waals surface area contributed by atoms with Crippen LogP contribution in [-0.4, -0.2) is 73.4 Å². The maximum absolute atomic E-state index is 13.1. The molecule has 0 fully saturated rings. The van der Waals surface area contributed by atoms with Crippen molar-refractivity contribution in [2.45, 2.75) is 328 Å². The molecule has 482 valence electrons. The van der Waals surface area contributed by atoms with E-state index in [0.29, 0.717) is 23.9 Å². The lowest BCUT2D eigenvalue weighted by Crippen LogP contribution is -2.46. The third-order valence-corrected chi connectivity index (χ3v) is 16.6. The Kier molecular flexibility index (Phi) is 61.9. The largest absolute Gasteiger partial charge is 0.472 e. The smallest absolute Gasteiger partial charge is 0.391 e. The van der Waals surface area contributed by atoms with Crippen molar-refractivity contribution >= 4 is 13.7 Å². The van der Waals surface area contributed by atoms with Gasteiger partial charge in [0.25, 0.3) is 0 Å². The van der Waals surface area contributed by atoms with Gasteiger partial charge in [-0.2, -0.15) is 0 Å². The van der Waals surface area contributed by atoms with Crippen LogP contribution < -0.4 is 5.32 Å². The first-order chi connectivity index (χ1) is 40.5. The van der Waals surface area contributed by atoms with Gasteiger partial charge >= 0.3 is 7.82 Å². The lowest BCUT2D eigenvalue weighted by molar-refractivity contribution is -0.870. The summed E-state index contributed by atoms with van der Waals surface area (Å²) in [6, 6.07) is -0.771. The highest BCUT2D eigenvalue weighted by molar-refractivity contribution is 7.47. The van der Waals surface area contributed by atoms with Crippen LogP contribution in [0.4, 0.5) is 0 Å². The number of nitrogens with zero attached hydrogens (tertiary/aromatic N) is 1. The molecule has 0 aliphatic heterocycles. The van der Waals surface area contributed by atoms with Gasteiger partial charge in [-0.25, -0.2) is 4.57 Å². The number of quaternary nitrogens is 1. The Hall–Kier alpha value is -2.58. The van der Waals surface area contributed by atoms with E-state index >= 15 is 0 Å². The van der Waals surface area contributed by atoms with E-state index in [-0.39, 0.29) is 19.1 Å². The molecule has 0 aromatic heterocycles. The molecule has 0 saturated carbocycles. The molecule has 0 aliphatic carbocycles. The van der Waals surface area contributed by atoms with Gasteiger partial charge in [0.15, 0.2) is 0 Å². The summed E-state index contributed by atoms with van der Waals surface area (Å²) in [5.74, 6) is -0.149. The van der Waals surface area contributed by atoms with Crippen molar-refractivity contribution in [3.63, 3.8) is 0 Å². The second-order valence-corrected chi connectivity index (χ2v) is 26.3. The fourth-order valence-corrected chi connectivity index (χ4v) is 10.9. The van der Waals surface area contributed by atoms with Crippen LogP contribution in [0, 0.1) is 0 Å². The number of likely N-dealkylation sites (N-methyl/N-ethyl adjacent to an activating group) is 1. The number of aliphatic hydroxyl groups is 1. The van der Waals surface area contributed by atoms with Crippen LogP contribution in [0.1, 0.15) is 316 Å². The van der Waals surface area contributed by atoms with Crippen molar-refractivity contribution in [2.24, 2.45) is 0 Å². The van der Waals surface area contributed by atoms with Gasteiger partial charge in [-0.3, -0.25) is 13.8 Å². The highest BCUT2D eigenvalue weighted by Crippen LogP contribution is 2.43. The Balaban J connectivity index is 4.09. The third-order valence-electron chi connectivity index (χ3n) is 15.6. The van der Waals surface area contributed by atoms with E-state index in [1.165, 1.54) is 193 Å². The zero-order valence-electron chi connectivity index (χ0n) is 55.2. The summed E-state index contributed by atoms with van der Waals surface area (Å²) < 4.78 is 23.9. The molecule has 1 amide bonds. The molecule has 83 heavy (non-hydrogen) atoms. The van der Waals surface area contributed by atoms with Crippen molar-refractivity contribution in [1.29, 1.82) is 0 Å². The van der Waals surface area contributed by atoms with Crippen molar-refractivity contribution in [1.82, 2.24) is 5.32 Å². The zero-order valence-corrected chi connectivity index (χ0v) is 56.1. The highest BCUT2D eigenvalue weighted by Gasteiger charge is 2.28. The van der Waals surface area contributed by atoms with Crippen molar-refractivity contribution in [3.05, 3.63) is 97.2 Å². The van der Waals surface area contributed by atoms with E-state index < -0.39 is 20.0 Å². The second kappa shape index (κ2) is 63.9. The number of carbonyl (C=O) groups is 1. The summed E-state index contributed by atoms with van der Waals surface area (Å²) in [7, 11) is 1.61. The van der Waals surface area contributed by atoms with Crippen molar-refractivity contribution in [2.75, 3.05) is 40.9 Å². The van der Waals surface area contributed by atoms with Gasteiger partial charge in [-0.05, 0) is 77.0 Å². The maximum atomic E-state index is 13.1. The van der Waals surface area contributed by atoms with Crippen LogP contribution in [0.3, 0.4) is 0 Å². The number of aliphatic hydroxyl groups excluding tert-OH is 1. The number of nitrogens with one attached hydrogen (secondary N) is 1. The summed E-state index contributed by atoms with van der Waals surface area (Å²) in [5.41, 5.74) is 0. The summed E-state index contributed by atoms with van der Waals surface area (Å²) in [6.07, 6.45) is 92.1. The molecule has 0 saturated heterocycles. The fraction of sp³-hybridized carbons (Fsp3) is 0.770. The number of rotatable bonds is 64. The average Bonchev–Trinajstić information content (AvgIpc) is 3.49. The quantitative estimate of drug-likeness (QED) is 0.0243. The molecule has 0 aromatic carbocycles. The van der Waals surface area contributed by atoms with Gasteiger partial charge < -0.3 is 19.8 Å². The number of carbonyl (C=O) groups excluding carboxylic acids is 1. The fourth-order valence-electron chi connectivity index (χ4n) is 10.2. The number of allylic oxidation sites excluding steroid dienone is 16. The first-order valence-electron chi connectivity index (χ1n) is 35.1. The summed E-state index contributed by atoms with van der Waals surface area (Å²) in [5, 5.41) is 14.1. The lowest BCUT2D eigenvalue weighted by Gasteiger charge is -2.26. The molecule has 0 rings (SSSR count). The zero-order chi connectivity index (χ0) is 60.5. The Labute approximate surface area is 515 Å². The standard InChI is InChI=1S/C74H135N2O6P/c1-6-8-10-12-14-16-18-20-22-24-26-28-30-32-34-35-36-37-38-39-40-41-42-44-46-48-50-52-54-56-58-60-62-64-66-68-74(78)75-72(71-82-83(79,80)81-70-69-76(3,4)5)73(77)67-65-63-61-59-57-55-53-51-49-47-45-43-33-31-29-27-25-23-21-19-17-15-13-11-9-7-2/h8,10,14,16,20,22,26,28,32,34,36-37,39-40,42,44,72-73,77H,6-7,9,11-13,15,17-19,21,23-25,27,29-31,33,35,38,41,43,45-71H2,1-5H3,(H-,75,78,79,80)/p+1/b10-8-,16-14-,22-20-,28-26-,34-32-,37-36-,40-39-,44-42-. The molecule has 0 aliphatic rings. The van der Waals surface area contributed by atoms with Crippen LogP contribution in [-0.2, 0) is 18.4 Å². The Morgan fingerprint density at radius 2 is 0.723 bits per heavy atom. The van der Waals surface area contributed by atoms with Gasteiger partial charge in [-0.15, -0.1) is 0 Å². The van der Waals surface area contributed by atoms with E-state index in [1.54, 1.807) is 0 Å². The highest BCUT2D eigenvalue weighted by atomic mass is 31.2. The molecule has 0 heterocycles. The van der Waals surface area contributed by atoms with E-state index in [2.05, 4.69) is 116 Å². The minimum absolute atomic E-state index is 0.0705. The Morgan fingerprint density at radius 3 is 1.06 bits per heavy atom. The predicted molar refractivity (Wildman–Crippen MR) is 364 cm³/mol. The summed E-state index contributed by atoms with van der Waals surface area (Å²) in [6.45, 7) is 4.80. The monoisotopic (exact) mass is 1180 g/mol. The van der Waals surface area contributed by atoms with Crippen LogP contribution >= 0.6 is 7.82 Å². The Morgan fingerprint density at radius 1 is 0.422 bits per heavy atom. The molecule has 0 bridgehead atoms. The number of unbranched alkanes of at least 4 members (excludes halogenated alkanes) is 35. The van der Waals surface area contributed by atoms with Gasteiger partial charge in [0.2, 0.25) is 5.91 Å². The molecule has 3 unspecified atom stereocenters. The molecule has 9 heteroatoms. The van der Waals surface area contributed by atoms with Crippen LogP contribution in [0.25, 0.3) is 0 Å². The minimum Gasteiger partial charge on any atom is -0.391 e. The number of hydrogen-bond acceptors (Lipinski definition) is 5. The first-order valence-corrected chi connectivity index (χ1v) is 36.6. The number of amides is 1. The molecule has 8 nitrogen and oxygen atoms in total. The third kappa shape index (κ3) is 66.8. The SMILES string of the molecule is CC/C=C\C/C=C\C/C=C\C/C=C\C/C=C\C/C=C\C/C=C\C/C=C\CCCCCCCCCCCCC(=O)NC(COP(=O)(O)OCC[N+](C)(C)C)C(O)CCCCCCCCCCCCCCCCCCCCCCCCCCCC.